The Morgan fingerprint density at radius 1 is 1.26 bits per heavy atom. The lowest BCUT2D eigenvalue weighted by Gasteiger charge is -2.27. The Morgan fingerprint density at radius 2 is 2.04 bits per heavy atom. The van der Waals surface area contributed by atoms with E-state index in [0.717, 1.165) is 57.9 Å². The molecule has 2 aromatic heterocycles. The van der Waals surface area contributed by atoms with E-state index < -0.39 is 0 Å². The number of imidazole rings is 1. The molecular weight excluding hydrogens is 286 g/mol. The van der Waals surface area contributed by atoms with Crippen molar-refractivity contribution >= 4 is 5.65 Å². The first kappa shape index (κ1) is 17.9. The molecule has 0 bridgehead atoms. The Hall–Kier alpha value is -1.43. The largest absolute Gasteiger partial charge is 0.314 e. The minimum absolute atomic E-state index is 0. The number of nitrogens with one attached hydrogen (secondary N) is 2. The van der Waals surface area contributed by atoms with Gasteiger partial charge in [-0.05, 0) is 18.1 Å². The summed E-state index contributed by atoms with van der Waals surface area (Å²) in [6.07, 6.45) is 5.24. The minimum atomic E-state index is 0. The van der Waals surface area contributed by atoms with Crippen molar-refractivity contribution in [3.05, 3.63) is 35.8 Å². The molecule has 1 saturated heterocycles. The molecule has 0 radical (unpaired) electrons. The standard InChI is InChI=1S/C16H25N5.C2H6.H2/c1-2-14-3-4-16-19-12-15(21(16)13-14)11-18-7-10-20-8-5-17-6-9-20;1-2;/h3-4,12-13,17-18H,2,5-11H2,1H3;1-2H3;1H. The molecule has 0 saturated carbocycles. The van der Waals surface area contributed by atoms with Gasteiger partial charge in [0.15, 0.2) is 0 Å². The Balaban J connectivity index is 0.000000925. The second kappa shape index (κ2) is 9.65. The van der Waals surface area contributed by atoms with E-state index in [4.69, 9.17) is 0 Å². The number of aryl methyl sites for hydroxylation is 1. The van der Waals surface area contributed by atoms with E-state index in [1.54, 1.807) is 0 Å². The number of hydrogen-bond donors (Lipinski definition) is 2. The molecule has 0 aromatic carbocycles. The van der Waals surface area contributed by atoms with Gasteiger partial charge in [0.1, 0.15) is 5.65 Å². The molecule has 0 aliphatic carbocycles. The van der Waals surface area contributed by atoms with Gasteiger partial charge in [-0.2, -0.15) is 0 Å². The van der Waals surface area contributed by atoms with Gasteiger partial charge in [0.25, 0.3) is 0 Å². The molecule has 5 heteroatoms. The van der Waals surface area contributed by atoms with E-state index in [0.29, 0.717) is 0 Å². The number of aromatic nitrogens is 2. The summed E-state index contributed by atoms with van der Waals surface area (Å²) in [4.78, 5) is 6.97. The van der Waals surface area contributed by atoms with Crippen LogP contribution in [0.4, 0.5) is 0 Å². The molecular formula is C18H33N5. The average molecular weight is 319 g/mol. The van der Waals surface area contributed by atoms with Gasteiger partial charge in [-0.15, -0.1) is 0 Å². The second-order valence-electron chi connectivity index (χ2n) is 5.64. The number of piperazine rings is 1. The van der Waals surface area contributed by atoms with Gasteiger partial charge in [-0.1, -0.05) is 26.8 Å². The van der Waals surface area contributed by atoms with Crippen LogP contribution in [-0.2, 0) is 13.0 Å². The van der Waals surface area contributed by atoms with Gasteiger partial charge in [-0.3, -0.25) is 4.90 Å². The summed E-state index contributed by atoms with van der Waals surface area (Å²) in [6, 6.07) is 4.26. The first-order chi connectivity index (χ1) is 11.4. The van der Waals surface area contributed by atoms with Crippen molar-refractivity contribution < 1.29 is 1.43 Å². The van der Waals surface area contributed by atoms with Crippen LogP contribution >= 0.6 is 0 Å². The van der Waals surface area contributed by atoms with Gasteiger partial charge >= 0.3 is 0 Å². The van der Waals surface area contributed by atoms with Crippen LogP contribution in [0.25, 0.3) is 5.65 Å². The van der Waals surface area contributed by atoms with Crippen molar-refractivity contribution in [2.45, 2.75) is 33.7 Å². The van der Waals surface area contributed by atoms with E-state index in [9.17, 15) is 0 Å². The van der Waals surface area contributed by atoms with Crippen LogP contribution in [0.15, 0.2) is 24.5 Å². The van der Waals surface area contributed by atoms with Crippen molar-refractivity contribution in [2.75, 3.05) is 39.3 Å². The first-order valence-corrected chi connectivity index (χ1v) is 8.95. The summed E-state index contributed by atoms with van der Waals surface area (Å²) >= 11 is 0. The predicted octanol–water partition coefficient (Wildman–Crippen LogP) is 2.16. The highest BCUT2D eigenvalue weighted by Crippen LogP contribution is 2.09. The molecule has 0 unspecified atom stereocenters. The number of nitrogens with zero attached hydrogens (tertiary/aromatic N) is 3. The summed E-state index contributed by atoms with van der Waals surface area (Å²) in [7, 11) is 0. The summed E-state index contributed by atoms with van der Waals surface area (Å²) in [6.45, 7) is 13.8. The number of fused-ring (bicyclic) bond motifs is 1. The Kier molecular flexibility index (Phi) is 7.52. The second-order valence-corrected chi connectivity index (χ2v) is 5.64. The third kappa shape index (κ3) is 5.03. The van der Waals surface area contributed by atoms with Gasteiger partial charge in [0.05, 0.1) is 11.9 Å². The van der Waals surface area contributed by atoms with Crippen molar-refractivity contribution in [1.82, 2.24) is 24.9 Å². The molecule has 130 valence electrons. The molecule has 1 aliphatic rings. The lowest BCUT2D eigenvalue weighted by atomic mass is 10.2. The summed E-state index contributed by atoms with van der Waals surface area (Å²) in [5.41, 5.74) is 3.62. The van der Waals surface area contributed by atoms with E-state index in [1.807, 2.05) is 20.0 Å². The van der Waals surface area contributed by atoms with Crippen LogP contribution in [0.1, 0.15) is 33.5 Å². The monoisotopic (exact) mass is 319 g/mol. The molecule has 5 nitrogen and oxygen atoms in total. The van der Waals surface area contributed by atoms with Crippen molar-refractivity contribution in [2.24, 2.45) is 0 Å². The first-order valence-electron chi connectivity index (χ1n) is 8.95. The highest BCUT2D eigenvalue weighted by molar-refractivity contribution is 5.41. The summed E-state index contributed by atoms with van der Waals surface area (Å²) in [5, 5.41) is 6.93. The number of hydrogen-bond acceptors (Lipinski definition) is 4. The number of rotatable bonds is 6. The topological polar surface area (TPSA) is 44.6 Å². The lowest BCUT2D eigenvalue weighted by Crippen LogP contribution is -2.45. The third-order valence-electron chi connectivity index (χ3n) is 4.17. The van der Waals surface area contributed by atoms with Crippen LogP contribution in [0.2, 0.25) is 0 Å². The van der Waals surface area contributed by atoms with Gasteiger partial charge < -0.3 is 15.0 Å². The maximum Gasteiger partial charge on any atom is 0.136 e. The van der Waals surface area contributed by atoms with Crippen LogP contribution in [0, 0.1) is 0 Å². The van der Waals surface area contributed by atoms with Gasteiger partial charge in [0, 0.05) is 53.4 Å². The quantitative estimate of drug-likeness (QED) is 0.801. The Labute approximate surface area is 141 Å². The molecule has 0 spiro atoms. The Morgan fingerprint density at radius 3 is 2.78 bits per heavy atom. The van der Waals surface area contributed by atoms with Crippen molar-refractivity contribution in [3.8, 4) is 0 Å². The maximum absolute atomic E-state index is 4.47. The summed E-state index contributed by atoms with van der Waals surface area (Å²) < 4.78 is 2.21. The highest BCUT2D eigenvalue weighted by atomic mass is 15.2. The van der Waals surface area contributed by atoms with Crippen LogP contribution in [0.5, 0.6) is 0 Å². The molecule has 0 amide bonds. The zero-order chi connectivity index (χ0) is 16.5. The predicted molar refractivity (Wildman–Crippen MR) is 99.0 cm³/mol. The van der Waals surface area contributed by atoms with Crippen LogP contribution in [0.3, 0.4) is 0 Å². The summed E-state index contributed by atoms with van der Waals surface area (Å²) in [5.74, 6) is 0. The van der Waals surface area contributed by atoms with Crippen LogP contribution < -0.4 is 10.6 Å². The van der Waals surface area contributed by atoms with Crippen molar-refractivity contribution in [3.63, 3.8) is 0 Å². The smallest absolute Gasteiger partial charge is 0.136 e. The molecule has 1 fully saturated rings. The molecule has 1 aliphatic heterocycles. The van der Waals surface area contributed by atoms with Gasteiger partial charge in [-0.25, -0.2) is 4.98 Å². The number of pyridine rings is 1. The van der Waals surface area contributed by atoms with E-state index in [-0.39, 0.29) is 1.43 Å². The fraction of sp³-hybridized carbons (Fsp3) is 0.611. The van der Waals surface area contributed by atoms with Gasteiger partial charge in [0.2, 0.25) is 0 Å². The molecule has 2 N–H and O–H groups in total. The fourth-order valence-electron chi connectivity index (χ4n) is 2.80. The van der Waals surface area contributed by atoms with E-state index in [1.165, 1.54) is 11.3 Å². The highest BCUT2D eigenvalue weighted by Gasteiger charge is 2.08. The Bertz CT molecular complexity index is 578. The lowest BCUT2D eigenvalue weighted by molar-refractivity contribution is 0.241. The molecule has 3 rings (SSSR count). The maximum atomic E-state index is 4.47. The molecule has 23 heavy (non-hydrogen) atoms. The van der Waals surface area contributed by atoms with E-state index >= 15 is 0 Å². The SMILES string of the molecule is CC.CCc1ccc2ncc(CNCCN3CCNCC3)n2c1.[HH]. The molecule has 2 aromatic rings. The zero-order valence-corrected chi connectivity index (χ0v) is 14.8. The zero-order valence-electron chi connectivity index (χ0n) is 14.8. The fourth-order valence-corrected chi connectivity index (χ4v) is 2.80. The average Bonchev–Trinajstić information content (AvgIpc) is 3.03. The van der Waals surface area contributed by atoms with Crippen LogP contribution in [-0.4, -0.2) is 53.6 Å². The van der Waals surface area contributed by atoms with E-state index in [2.05, 4.69) is 50.2 Å². The molecule has 3 heterocycles. The normalized spacial score (nSPS) is 15.4. The minimum Gasteiger partial charge on any atom is -0.314 e. The third-order valence-corrected chi connectivity index (χ3v) is 4.17. The molecule has 0 atom stereocenters. The van der Waals surface area contributed by atoms with Crippen molar-refractivity contribution in [1.29, 1.82) is 0 Å².